The fourth-order valence-corrected chi connectivity index (χ4v) is 1.47. The second kappa shape index (κ2) is 4.76. The SMILES string of the molecule is C=C(C=CCCC)B1OC(C)(C)C(C)(C)O1. The van der Waals surface area contributed by atoms with Gasteiger partial charge >= 0.3 is 7.12 Å². The van der Waals surface area contributed by atoms with E-state index < -0.39 is 0 Å². The first-order chi connectivity index (χ1) is 7.30. The fourth-order valence-electron chi connectivity index (χ4n) is 1.47. The topological polar surface area (TPSA) is 18.5 Å². The predicted molar refractivity (Wildman–Crippen MR) is 69.3 cm³/mol. The molecule has 90 valence electrons. The minimum Gasteiger partial charge on any atom is -0.399 e. The molecule has 0 atom stereocenters. The minimum absolute atomic E-state index is 0.279. The molecule has 0 bridgehead atoms. The zero-order chi connectivity index (χ0) is 12.4. The van der Waals surface area contributed by atoms with Crippen molar-refractivity contribution < 1.29 is 9.31 Å². The molecule has 0 N–H and O–H groups in total. The molecule has 0 aromatic carbocycles. The van der Waals surface area contributed by atoms with E-state index in [2.05, 4.69) is 47.3 Å². The average molecular weight is 222 g/mol. The Balaban J connectivity index is 2.62. The van der Waals surface area contributed by atoms with Gasteiger partial charge in [0.2, 0.25) is 0 Å². The summed E-state index contributed by atoms with van der Waals surface area (Å²) in [5, 5.41) is 0. The molecule has 0 spiro atoms. The van der Waals surface area contributed by atoms with Crippen molar-refractivity contribution in [3.8, 4) is 0 Å². The summed E-state index contributed by atoms with van der Waals surface area (Å²) in [7, 11) is -0.307. The minimum atomic E-state index is -0.307. The highest BCUT2D eigenvalue weighted by Crippen LogP contribution is 2.38. The molecule has 1 fully saturated rings. The first kappa shape index (κ1) is 13.5. The number of hydrogen-bond acceptors (Lipinski definition) is 2. The van der Waals surface area contributed by atoms with Gasteiger partial charge in [-0.15, -0.1) is 0 Å². The summed E-state index contributed by atoms with van der Waals surface area (Å²) in [6, 6.07) is 0. The van der Waals surface area contributed by atoms with Gasteiger partial charge in [-0.2, -0.15) is 0 Å². The number of allylic oxidation sites excluding steroid dienone is 3. The molecule has 1 heterocycles. The van der Waals surface area contributed by atoms with Gasteiger partial charge in [-0.1, -0.05) is 32.1 Å². The van der Waals surface area contributed by atoms with Crippen LogP contribution in [0.4, 0.5) is 0 Å². The van der Waals surface area contributed by atoms with Gasteiger partial charge in [0.15, 0.2) is 0 Å². The Morgan fingerprint density at radius 3 is 2.12 bits per heavy atom. The standard InChI is InChI=1S/C13H23BO2/c1-7-8-9-10-11(2)14-15-12(3,4)13(5,6)16-14/h9-10H,2,7-8H2,1,3-6H3. The van der Waals surface area contributed by atoms with E-state index in [1.54, 1.807) is 0 Å². The number of rotatable bonds is 4. The highest BCUT2D eigenvalue weighted by Gasteiger charge is 2.51. The van der Waals surface area contributed by atoms with E-state index in [1.807, 2.05) is 6.08 Å². The second-order valence-electron chi connectivity index (χ2n) is 5.35. The van der Waals surface area contributed by atoms with Crippen molar-refractivity contribution in [2.45, 2.75) is 58.7 Å². The van der Waals surface area contributed by atoms with Gasteiger partial charge in [0.05, 0.1) is 11.2 Å². The van der Waals surface area contributed by atoms with Crippen LogP contribution in [-0.2, 0) is 9.31 Å². The van der Waals surface area contributed by atoms with Gasteiger partial charge in [0.1, 0.15) is 0 Å². The van der Waals surface area contributed by atoms with Crippen molar-refractivity contribution in [2.24, 2.45) is 0 Å². The highest BCUT2D eigenvalue weighted by atomic mass is 16.7. The van der Waals surface area contributed by atoms with Crippen LogP contribution in [-0.4, -0.2) is 18.3 Å². The zero-order valence-corrected chi connectivity index (χ0v) is 11.2. The number of unbranched alkanes of at least 4 members (excludes halogenated alkanes) is 1. The van der Waals surface area contributed by atoms with Crippen LogP contribution in [0.3, 0.4) is 0 Å². The summed E-state index contributed by atoms with van der Waals surface area (Å²) in [4.78, 5) is 0. The van der Waals surface area contributed by atoms with Crippen LogP contribution in [0.25, 0.3) is 0 Å². The fraction of sp³-hybridized carbons (Fsp3) is 0.692. The Morgan fingerprint density at radius 2 is 1.69 bits per heavy atom. The van der Waals surface area contributed by atoms with E-state index in [4.69, 9.17) is 9.31 Å². The molecule has 0 unspecified atom stereocenters. The van der Waals surface area contributed by atoms with Crippen LogP contribution in [0, 0.1) is 0 Å². The van der Waals surface area contributed by atoms with Crippen LogP contribution in [0.1, 0.15) is 47.5 Å². The quantitative estimate of drug-likeness (QED) is 0.535. The molecular formula is C13H23BO2. The Kier molecular flexibility index (Phi) is 4.03. The summed E-state index contributed by atoms with van der Waals surface area (Å²) < 4.78 is 11.8. The molecule has 1 rings (SSSR count). The van der Waals surface area contributed by atoms with E-state index in [0.29, 0.717) is 0 Å². The van der Waals surface area contributed by atoms with Crippen LogP contribution in [0.5, 0.6) is 0 Å². The van der Waals surface area contributed by atoms with Gasteiger partial charge in [0, 0.05) is 0 Å². The van der Waals surface area contributed by atoms with Crippen molar-refractivity contribution in [1.29, 1.82) is 0 Å². The molecule has 0 aromatic heterocycles. The lowest BCUT2D eigenvalue weighted by Gasteiger charge is -2.32. The lowest BCUT2D eigenvalue weighted by atomic mass is 9.79. The Labute approximate surface area is 99.9 Å². The molecule has 0 aliphatic carbocycles. The van der Waals surface area contributed by atoms with Crippen molar-refractivity contribution in [1.82, 2.24) is 0 Å². The van der Waals surface area contributed by atoms with Crippen LogP contribution < -0.4 is 0 Å². The third kappa shape index (κ3) is 2.77. The third-order valence-electron chi connectivity index (χ3n) is 3.34. The van der Waals surface area contributed by atoms with Gasteiger partial charge in [-0.05, 0) is 39.6 Å². The van der Waals surface area contributed by atoms with E-state index in [0.717, 1.165) is 18.3 Å². The van der Waals surface area contributed by atoms with Gasteiger partial charge in [-0.25, -0.2) is 0 Å². The molecule has 1 aliphatic rings. The summed E-state index contributed by atoms with van der Waals surface area (Å²) in [6.07, 6.45) is 6.34. The lowest BCUT2D eigenvalue weighted by Crippen LogP contribution is -2.41. The molecule has 16 heavy (non-hydrogen) atoms. The maximum Gasteiger partial charge on any atom is 0.494 e. The Morgan fingerprint density at radius 1 is 1.19 bits per heavy atom. The van der Waals surface area contributed by atoms with E-state index in [1.165, 1.54) is 0 Å². The predicted octanol–water partition coefficient (Wildman–Crippen LogP) is 3.53. The number of hydrogen-bond donors (Lipinski definition) is 0. The monoisotopic (exact) mass is 222 g/mol. The normalized spacial score (nSPS) is 22.9. The van der Waals surface area contributed by atoms with E-state index in [-0.39, 0.29) is 18.3 Å². The molecule has 0 amide bonds. The maximum atomic E-state index is 5.88. The Bertz CT molecular complexity index is 276. The Hall–Kier alpha value is -0.535. The zero-order valence-electron chi connectivity index (χ0n) is 11.2. The van der Waals surface area contributed by atoms with Crippen LogP contribution >= 0.6 is 0 Å². The molecule has 2 nitrogen and oxygen atoms in total. The maximum absolute atomic E-state index is 5.88. The molecule has 0 radical (unpaired) electrons. The third-order valence-corrected chi connectivity index (χ3v) is 3.34. The first-order valence-electron chi connectivity index (χ1n) is 6.01. The molecule has 3 heteroatoms. The van der Waals surface area contributed by atoms with Crippen LogP contribution in [0.15, 0.2) is 24.2 Å². The molecule has 0 saturated carbocycles. The largest absolute Gasteiger partial charge is 0.494 e. The van der Waals surface area contributed by atoms with Crippen molar-refractivity contribution >= 4 is 7.12 Å². The van der Waals surface area contributed by atoms with E-state index in [9.17, 15) is 0 Å². The molecule has 1 saturated heterocycles. The summed E-state index contributed by atoms with van der Waals surface area (Å²) >= 11 is 0. The van der Waals surface area contributed by atoms with E-state index >= 15 is 0 Å². The van der Waals surface area contributed by atoms with Gasteiger partial charge < -0.3 is 9.31 Å². The van der Waals surface area contributed by atoms with Crippen molar-refractivity contribution in [3.63, 3.8) is 0 Å². The average Bonchev–Trinajstić information content (AvgIpc) is 2.36. The summed E-state index contributed by atoms with van der Waals surface area (Å²) in [5.74, 6) is 0. The second-order valence-corrected chi connectivity index (χ2v) is 5.35. The van der Waals surface area contributed by atoms with Crippen molar-refractivity contribution in [2.75, 3.05) is 0 Å². The van der Waals surface area contributed by atoms with Crippen molar-refractivity contribution in [3.05, 3.63) is 24.2 Å². The summed E-state index contributed by atoms with van der Waals surface area (Å²) in [6.45, 7) is 14.4. The first-order valence-corrected chi connectivity index (χ1v) is 6.01. The molecular weight excluding hydrogens is 199 g/mol. The summed E-state index contributed by atoms with van der Waals surface area (Å²) in [5.41, 5.74) is 0.338. The molecule has 0 aromatic rings. The van der Waals surface area contributed by atoms with Gasteiger partial charge in [-0.3, -0.25) is 0 Å². The van der Waals surface area contributed by atoms with Crippen LogP contribution in [0.2, 0.25) is 0 Å². The highest BCUT2D eigenvalue weighted by molar-refractivity contribution is 6.55. The smallest absolute Gasteiger partial charge is 0.399 e. The van der Waals surface area contributed by atoms with Gasteiger partial charge in [0.25, 0.3) is 0 Å². The molecule has 1 aliphatic heterocycles. The lowest BCUT2D eigenvalue weighted by molar-refractivity contribution is 0.00578.